The number of rotatable bonds is 1. The Hall–Kier alpha value is -0.720. The predicted octanol–water partition coefficient (Wildman–Crippen LogP) is 3.44. The maximum absolute atomic E-state index is 12.8. The quantitative estimate of drug-likeness (QED) is 0.573. The second-order valence-electron chi connectivity index (χ2n) is 5.31. The number of aliphatic hydroxyl groups is 1. The first kappa shape index (κ1) is 13.7. The molecule has 1 fully saturated rings. The first-order chi connectivity index (χ1) is 7.93. The lowest BCUT2D eigenvalue weighted by molar-refractivity contribution is -0.405. The van der Waals surface area contributed by atoms with Crippen LogP contribution in [0.1, 0.15) is 19.8 Å². The Morgan fingerprint density at radius 3 is 1.83 bits per heavy atom. The third-order valence-corrected chi connectivity index (χ3v) is 4.32. The summed E-state index contributed by atoms with van der Waals surface area (Å²) in [6.07, 6.45) is -8.55. The van der Waals surface area contributed by atoms with E-state index in [0.29, 0.717) is 0 Å². The van der Waals surface area contributed by atoms with Gasteiger partial charge in [0.1, 0.15) is 0 Å². The van der Waals surface area contributed by atoms with Crippen molar-refractivity contribution in [2.24, 2.45) is 17.3 Å². The van der Waals surface area contributed by atoms with Gasteiger partial charge in [-0.2, -0.15) is 26.3 Å². The predicted molar refractivity (Wildman–Crippen MR) is 50.5 cm³/mol. The number of halogens is 6. The molecule has 0 heterocycles. The highest BCUT2D eigenvalue weighted by molar-refractivity contribution is 5.22. The maximum Gasteiger partial charge on any atom is 0.426 e. The molecule has 3 atom stereocenters. The molecular weight excluding hydrogens is 262 g/mol. The van der Waals surface area contributed by atoms with Crippen LogP contribution < -0.4 is 0 Å². The molecule has 2 aliphatic carbocycles. The Kier molecular flexibility index (Phi) is 2.61. The first-order valence-electron chi connectivity index (χ1n) is 5.47. The van der Waals surface area contributed by atoms with Crippen LogP contribution in [0.2, 0.25) is 0 Å². The smallest absolute Gasteiger partial charge is 0.373 e. The van der Waals surface area contributed by atoms with Crippen LogP contribution in [-0.2, 0) is 0 Å². The van der Waals surface area contributed by atoms with Gasteiger partial charge in [0.15, 0.2) is 0 Å². The van der Waals surface area contributed by atoms with Gasteiger partial charge in [-0.25, -0.2) is 0 Å². The van der Waals surface area contributed by atoms with Gasteiger partial charge in [0.2, 0.25) is 0 Å². The van der Waals surface area contributed by atoms with Gasteiger partial charge in [-0.05, 0) is 24.7 Å². The zero-order valence-electron chi connectivity index (χ0n) is 9.44. The molecule has 104 valence electrons. The lowest BCUT2D eigenvalue weighted by Gasteiger charge is -2.47. The van der Waals surface area contributed by atoms with Crippen molar-refractivity contribution < 1.29 is 31.4 Å². The number of hydrogen-bond donors (Lipinski definition) is 1. The Balaban J connectivity index is 2.53. The van der Waals surface area contributed by atoms with Crippen LogP contribution in [0.5, 0.6) is 0 Å². The normalized spacial score (nSPS) is 36.4. The second kappa shape index (κ2) is 3.43. The summed E-state index contributed by atoms with van der Waals surface area (Å²) in [5, 5.41) is 9.48. The van der Waals surface area contributed by atoms with Gasteiger partial charge >= 0.3 is 12.4 Å². The third kappa shape index (κ3) is 1.45. The van der Waals surface area contributed by atoms with Crippen LogP contribution in [0.4, 0.5) is 26.3 Å². The molecule has 18 heavy (non-hydrogen) atoms. The number of hydrogen-bond acceptors (Lipinski definition) is 1. The summed E-state index contributed by atoms with van der Waals surface area (Å²) in [7, 11) is 0. The van der Waals surface area contributed by atoms with E-state index in [1.807, 2.05) is 0 Å². The average molecular weight is 274 g/mol. The van der Waals surface area contributed by atoms with Crippen molar-refractivity contribution in [2.45, 2.75) is 37.7 Å². The minimum Gasteiger partial charge on any atom is -0.373 e. The minimum absolute atomic E-state index is 0.241. The molecule has 2 rings (SSSR count). The van der Waals surface area contributed by atoms with E-state index >= 15 is 0 Å². The number of fused-ring (bicyclic) bond motifs is 2. The Labute approximate surface area is 99.5 Å². The van der Waals surface area contributed by atoms with Crippen molar-refractivity contribution in [3.8, 4) is 0 Å². The molecule has 0 aromatic heterocycles. The van der Waals surface area contributed by atoms with Gasteiger partial charge in [-0.15, -0.1) is 0 Å². The van der Waals surface area contributed by atoms with Gasteiger partial charge in [-0.3, -0.25) is 0 Å². The summed E-state index contributed by atoms with van der Waals surface area (Å²) in [5.74, 6) is -1.20. The Morgan fingerprint density at radius 1 is 1.06 bits per heavy atom. The summed E-state index contributed by atoms with van der Waals surface area (Å²) in [6.45, 7) is 0.877. The molecule has 1 saturated carbocycles. The Bertz CT molecular complexity index is 368. The van der Waals surface area contributed by atoms with Crippen LogP contribution in [0.3, 0.4) is 0 Å². The number of alkyl halides is 6. The molecule has 0 spiro atoms. The van der Waals surface area contributed by atoms with E-state index in [1.165, 1.54) is 6.08 Å². The summed E-state index contributed by atoms with van der Waals surface area (Å²) in [6, 6.07) is 0. The highest BCUT2D eigenvalue weighted by Gasteiger charge is 2.80. The summed E-state index contributed by atoms with van der Waals surface area (Å²) in [4.78, 5) is 0. The molecule has 2 aliphatic rings. The summed E-state index contributed by atoms with van der Waals surface area (Å²) in [5.41, 5.74) is -6.90. The van der Waals surface area contributed by atoms with E-state index in [4.69, 9.17) is 0 Å². The van der Waals surface area contributed by atoms with Crippen molar-refractivity contribution in [3.05, 3.63) is 12.2 Å². The highest BCUT2D eigenvalue weighted by atomic mass is 19.4. The lowest BCUT2D eigenvalue weighted by atomic mass is 9.64. The Morgan fingerprint density at radius 2 is 1.56 bits per heavy atom. The number of allylic oxidation sites excluding steroid dienone is 2. The standard InChI is InChI=1S/C11H12F6O/c1-8(5-6-2-3-7(8)4-6)9(18,10(12,13)14)11(15,16)17/h2-3,6-7,18H,4-5H2,1H3. The van der Waals surface area contributed by atoms with Crippen molar-refractivity contribution in [3.63, 3.8) is 0 Å². The first-order valence-corrected chi connectivity index (χ1v) is 5.47. The molecule has 7 heteroatoms. The molecular formula is C11H12F6O. The summed E-state index contributed by atoms with van der Waals surface area (Å²) >= 11 is 0. The largest absolute Gasteiger partial charge is 0.426 e. The monoisotopic (exact) mass is 274 g/mol. The second-order valence-corrected chi connectivity index (χ2v) is 5.31. The molecule has 0 aliphatic heterocycles. The zero-order valence-corrected chi connectivity index (χ0v) is 9.44. The van der Waals surface area contributed by atoms with Crippen LogP contribution in [0.15, 0.2) is 12.2 Å². The molecule has 1 nitrogen and oxygen atoms in total. The van der Waals surface area contributed by atoms with Crippen molar-refractivity contribution in [2.75, 3.05) is 0 Å². The van der Waals surface area contributed by atoms with Crippen LogP contribution in [0, 0.1) is 17.3 Å². The van der Waals surface area contributed by atoms with Gasteiger partial charge in [0.25, 0.3) is 5.60 Å². The van der Waals surface area contributed by atoms with E-state index in [0.717, 1.165) is 6.92 Å². The third-order valence-electron chi connectivity index (χ3n) is 4.32. The molecule has 1 N–H and O–H groups in total. The summed E-state index contributed by atoms with van der Waals surface area (Å²) < 4.78 is 77.0. The maximum atomic E-state index is 12.8. The fourth-order valence-corrected chi connectivity index (χ4v) is 3.32. The molecule has 2 bridgehead atoms. The fraction of sp³-hybridized carbons (Fsp3) is 0.818. The topological polar surface area (TPSA) is 20.2 Å². The van der Waals surface area contributed by atoms with E-state index in [2.05, 4.69) is 0 Å². The molecule has 0 aromatic carbocycles. The van der Waals surface area contributed by atoms with Gasteiger partial charge < -0.3 is 5.11 Å². The van der Waals surface area contributed by atoms with E-state index in [1.54, 1.807) is 6.08 Å². The molecule has 0 radical (unpaired) electrons. The SMILES string of the molecule is CC1(C(O)(C(F)(F)F)C(F)(F)F)CC2C=CC1C2. The van der Waals surface area contributed by atoms with Crippen LogP contribution in [0.25, 0.3) is 0 Å². The van der Waals surface area contributed by atoms with E-state index in [-0.39, 0.29) is 18.8 Å². The molecule has 3 unspecified atom stereocenters. The van der Waals surface area contributed by atoms with Crippen LogP contribution in [-0.4, -0.2) is 23.1 Å². The van der Waals surface area contributed by atoms with Gasteiger partial charge in [-0.1, -0.05) is 19.1 Å². The minimum atomic E-state index is -5.74. The van der Waals surface area contributed by atoms with Crippen LogP contribution >= 0.6 is 0 Å². The fourth-order valence-electron chi connectivity index (χ4n) is 3.32. The molecule has 0 amide bonds. The highest BCUT2D eigenvalue weighted by Crippen LogP contribution is 2.64. The van der Waals surface area contributed by atoms with Crippen molar-refractivity contribution in [1.29, 1.82) is 0 Å². The lowest BCUT2D eigenvalue weighted by Crippen LogP contribution is -2.67. The average Bonchev–Trinajstić information content (AvgIpc) is 2.72. The molecule has 0 saturated heterocycles. The van der Waals surface area contributed by atoms with Gasteiger partial charge in [0, 0.05) is 5.41 Å². The molecule has 0 aromatic rings. The van der Waals surface area contributed by atoms with Gasteiger partial charge in [0.05, 0.1) is 0 Å². The van der Waals surface area contributed by atoms with E-state index < -0.39 is 29.3 Å². The van der Waals surface area contributed by atoms with Crippen molar-refractivity contribution >= 4 is 0 Å². The zero-order chi connectivity index (χ0) is 14.0. The van der Waals surface area contributed by atoms with E-state index in [9.17, 15) is 31.4 Å². The van der Waals surface area contributed by atoms with Crippen molar-refractivity contribution in [1.82, 2.24) is 0 Å².